The molecule has 0 fully saturated rings. The van der Waals surface area contributed by atoms with Crippen LogP contribution in [-0.4, -0.2) is 51.4 Å². The van der Waals surface area contributed by atoms with E-state index in [0.717, 1.165) is 17.1 Å². The molecule has 1 atom stereocenters. The predicted molar refractivity (Wildman–Crippen MR) is 153 cm³/mol. The monoisotopic (exact) mass is 571 g/mol. The van der Waals surface area contributed by atoms with Crippen LogP contribution < -0.4 is 14.4 Å². The highest BCUT2D eigenvalue weighted by atomic mass is 35.5. The molecule has 3 aromatic carbocycles. The van der Waals surface area contributed by atoms with Crippen molar-refractivity contribution in [3.8, 4) is 5.75 Å². The van der Waals surface area contributed by atoms with Crippen LogP contribution in [0, 0.1) is 0 Å². The van der Waals surface area contributed by atoms with Crippen LogP contribution in [0.1, 0.15) is 32.3 Å². The summed E-state index contributed by atoms with van der Waals surface area (Å²) in [4.78, 5) is 28.2. The molecule has 3 rings (SSSR count). The lowest BCUT2D eigenvalue weighted by molar-refractivity contribution is -0.139. The Hall–Kier alpha value is -3.56. The van der Waals surface area contributed by atoms with Crippen LogP contribution in [0.15, 0.2) is 83.8 Å². The van der Waals surface area contributed by atoms with Gasteiger partial charge in [0.05, 0.1) is 17.7 Å². The first-order chi connectivity index (χ1) is 18.7. The number of sulfonamides is 1. The van der Waals surface area contributed by atoms with Crippen molar-refractivity contribution >= 4 is 39.1 Å². The second kappa shape index (κ2) is 14.0. The van der Waals surface area contributed by atoms with Gasteiger partial charge in [-0.3, -0.25) is 13.9 Å². The molecule has 3 aromatic rings. The van der Waals surface area contributed by atoms with Crippen LogP contribution in [0.4, 0.5) is 5.69 Å². The fourth-order valence-corrected chi connectivity index (χ4v) is 5.54. The summed E-state index contributed by atoms with van der Waals surface area (Å²) in [7, 11) is -2.66. The molecule has 0 spiro atoms. The van der Waals surface area contributed by atoms with Gasteiger partial charge in [-0.15, -0.1) is 0 Å². The summed E-state index contributed by atoms with van der Waals surface area (Å²) >= 11 is 6.38. The number of para-hydroxylation sites is 1. The van der Waals surface area contributed by atoms with Gasteiger partial charge in [-0.25, -0.2) is 8.42 Å². The highest BCUT2D eigenvalue weighted by molar-refractivity contribution is 7.92. The minimum absolute atomic E-state index is 0.00274. The molecule has 0 radical (unpaired) electrons. The van der Waals surface area contributed by atoms with Crippen LogP contribution >= 0.6 is 11.6 Å². The number of rotatable bonds is 13. The topological polar surface area (TPSA) is 96.0 Å². The SMILES string of the molecule is CCCCNC(=O)[C@@H](C)N(Cc1ccccc1Cl)C(=O)CN(c1ccccc1)S(=O)(=O)c1ccc(OC)cc1. The Morgan fingerprint density at radius 3 is 2.23 bits per heavy atom. The number of anilines is 1. The highest BCUT2D eigenvalue weighted by Crippen LogP contribution is 2.26. The zero-order chi connectivity index (χ0) is 28.4. The maximum Gasteiger partial charge on any atom is 0.264 e. The van der Waals surface area contributed by atoms with Crippen LogP contribution in [0.2, 0.25) is 5.02 Å². The molecular formula is C29H34ClN3O5S. The van der Waals surface area contributed by atoms with Crippen molar-refractivity contribution in [3.63, 3.8) is 0 Å². The molecular weight excluding hydrogens is 538 g/mol. The summed E-state index contributed by atoms with van der Waals surface area (Å²) in [5.74, 6) is -0.368. The van der Waals surface area contributed by atoms with Crippen LogP contribution in [0.3, 0.4) is 0 Å². The fraction of sp³-hybridized carbons (Fsp3) is 0.310. The summed E-state index contributed by atoms with van der Waals surface area (Å²) in [5.41, 5.74) is 0.962. The summed E-state index contributed by atoms with van der Waals surface area (Å²) in [6, 6.07) is 20.5. The van der Waals surface area contributed by atoms with E-state index in [4.69, 9.17) is 16.3 Å². The number of halogens is 1. The van der Waals surface area contributed by atoms with Crippen LogP contribution in [0.25, 0.3) is 0 Å². The Morgan fingerprint density at radius 1 is 0.974 bits per heavy atom. The summed E-state index contributed by atoms with van der Waals surface area (Å²) in [6.07, 6.45) is 1.71. The number of nitrogens with zero attached hydrogens (tertiary/aromatic N) is 2. The van der Waals surface area contributed by atoms with Crippen molar-refractivity contribution in [1.29, 1.82) is 0 Å². The number of ether oxygens (including phenoxy) is 1. The van der Waals surface area contributed by atoms with E-state index in [1.165, 1.54) is 24.1 Å². The largest absolute Gasteiger partial charge is 0.497 e. The smallest absolute Gasteiger partial charge is 0.264 e. The Labute approximate surface area is 235 Å². The van der Waals surface area contributed by atoms with Crippen molar-refractivity contribution in [2.45, 2.75) is 44.2 Å². The molecule has 208 valence electrons. The van der Waals surface area contributed by atoms with Gasteiger partial charge in [0.15, 0.2) is 0 Å². The van der Waals surface area contributed by atoms with Crippen molar-refractivity contribution in [3.05, 3.63) is 89.4 Å². The molecule has 0 aliphatic carbocycles. The third kappa shape index (κ3) is 7.74. The number of nitrogens with one attached hydrogen (secondary N) is 1. The molecule has 10 heteroatoms. The Kier molecular flexibility index (Phi) is 10.8. The van der Waals surface area contributed by atoms with E-state index in [9.17, 15) is 18.0 Å². The maximum atomic E-state index is 13.9. The third-order valence-corrected chi connectivity index (χ3v) is 8.42. The Balaban J connectivity index is 1.98. The van der Waals surface area contributed by atoms with Gasteiger partial charge in [0.1, 0.15) is 18.3 Å². The van der Waals surface area contributed by atoms with Crippen molar-refractivity contribution in [2.24, 2.45) is 0 Å². The molecule has 39 heavy (non-hydrogen) atoms. The van der Waals surface area contributed by atoms with E-state index in [1.54, 1.807) is 73.7 Å². The molecule has 0 aliphatic rings. The number of carbonyl (C=O) groups is 2. The summed E-state index contributed by atoms with van der Waals surface area (Å²) in [6.45, 7) is 3.64. The molecule has 0 heterocycles. The van der Waals surface area contributed by atoms with Gasteiger partial charge in [0, 0.05) is 18.1 Å². The third-order valence-electron chi connectivity index (χ3n) is 6.27. The van der Waals surface area contributed by atoms with Crippen molar-refractivity contribution in [2.75, 3.05) is 24.5 Å². The fourth-order valence-electron chi connectivity index (χ4n) is 3.93. The number of benzene rings is 3. The first kappa shape index (κ1) is 30.0. The molecule has 0 unspecified atom stereocenters. The summed E-state index contributed by atoms with van der Waals surface area (Å²) < 4.78 is 33.8. The zero-order valence-electron chi connectivity index (χ0n) is 22.3. The Bertz CT molecular complexity index is 1350. The van der Waals surface area contributed by atoms with E-state index in [0.29, 0.717) is 28.6 Å². The predicted octanol–water partition coefficient (Wildman–Crippen LogP) is 4.88. The highest BCUT2D eigenvalue weighted by Gasteiger charge is 2.32. The quantitative estimate of drug-likeness (QED) is 0.295. The molecule has 0 saturated carbocycles. The van der Waals surface area contributed by atoms with Crippen LogP contribution in [-0.2, 0) is 26.2 Å². The van der Waals surface area contributed by atoms with Crippen LogP contribution in [0.5, 0.6) is 5.75 Å². The number of carbonyl (C=O) groups excluding carboxylic acids is 2. The van der Waals surface area contributed by atoms with E-state index in [1.807, 2.05) is 6.92 Å². The van der Waals surface area contributed by atoms with Gasteiger partial charge in [0.2, 0.25) is 11.8 Å². The lowest BCUT2D eigenvalue weighted by Gasteiger charge is -2.32. The van der Waals surface area contributed by atoms with E-state index in [-0.39, 0.29) is 17.3 Å². The van der Waals surface area contributed by atoms with Crippen molar-refractivity contribution in [1.82, 2.24) is 10.2 Å². The molecule has 8 nitrogen and oxygen atoms in total. The first-order valence-corrected chi connectivity index (χ1v) is 14.5. The molecule has 1 N–H and O–H groups in total. The minimum Gasteiger partial charge on any atom is -0.497 e. The molecule has 0 aromatic heterocycles. The van der Waals surface area contributed by atoms with Gasteiger partial charge < -0.3 is 15.0 Å². The first-order valence-electron chi connectivity index (χ1n) is 12.7. The average Bonchev–Trinajstić information content (AvgIpc) is 2.95. The van der Waals surface area contributed by atoms with Gasteiger partial charge in [-0.2, -0.15) is 0 Å². The van der Waals surface area contributed by atoms with Gasteiger partial charge in [-0.05, 0) is 61.4 Å². The number of unbranched alkanes of at least 4 members (excludes halogenated alkanes) is 1. The maximum absolute atomic E-state index is 13.9. The number of hydrogen-bond acceptors (Lipinski definition) is 5. The second-order valence-corrected chi connectivity index (χ2v) is 11.2. The van der Waals surface area contributed by atoms with E-state index >= 15 is 0 Å². The van der Waals surface area contributed by atoms with E-state index in [2.05, 4.69) is 5.32 Å². The number of hydrogen-bond donors (Lipinski definition) is 1. The standard InChI is InChI=1S/C29H34ClN3O5S/c1-4-5-19-31-29(35)22(2)32(20-23-11-9-10-14-27(23)30)28(34)21-33(24-12-7-6-8-13-24)39(36,37)26-17-15-25(38-3)16-18-26/h6-18,22H,4-5,19-21H2,1-3H3,(H,31,35)/t22-/m1/s1. The summed E-state index contributed by atoms with van der Waals surface area (Å²) in [5, 5.41) is 3.31. The lowest BCUT2D eigenvalue weighted by atomic mass is 10.1. The number of amides is 2. The molecule has 2 amide bonds. The normalized spacial score (nSPS) is 11.9. The Morgan fingerprint density at radius 2 is 1.62 bits per heavy atom. The van der Waals surface area contributed by atoms with E-state index < -0.39 is 28.5 Å². The lowest BCUT2D eigenvalue weighted by Crippen LogP contribution is -2.51. The van der Waals surface area contributed by atoms with Gasteiger partial charge in [-0.1, -0.05) is 61.3 Å². The van der Waals surface area contributed by atoms with Gasteiger partial charge in [0.25, 0.3) is 10.0 Å². The minimum atomic E-state index is -4.15. The molecule has 0 aliphatic heterocycles. The second-order valence-electron chi connectivity index (χ2n) is 8.96. The zero-order valence-corrected chi connectivity index (χ0v) is 23.9. The molecule has 0 saturated heterocycles. The van der Waals surface area contributed by atoms with Gasteiger partial charge >= 0.3 is 0 Å². The molecule has 0 bridgehead atoms. The average molecular weight is 572 g/mol. The van der Waals surface area contributed by atoms with Crippen molar-refractivity contribution < 1.29 is 22.7 Å². The number of methoxy groups -OCH3 is 1.